The summed E-state index contributed by atoms with van der Waals surface area (Å²) in [5.74, 6) is 0.369. The van der Waals surface area contributed by atoms with E-state index in [-0.39, 0.29) is 24.6 Å². The molecule has 19 heavy (non-hydrogen) atoms. The van der Waals surface area contributed by atoms with E-state index < -0.39 is 0 Å². The standard InChI is InChI=1S/C14H23N3O2/c1-10(2)17-13(7-8-15-17)14(19)16-12-5-3-11(9-18)4-6-12/h7-8,10-12,18H,3-6,9H2,1-2H3,(H,16,19). The van der Waals surface area contributed by atoms with E-state index in [4.69, 9.17) is 5.11 Å². The zero-order valence-corrected chi connectivity index (χ0v) is 11.7. The van der Waals surface area contributed by atoms with E-state index in [1.165, 1.54) is 0 Å². The Hall–Kier alpha value is -1.36. The number of rotatable bonds is 4. The highest BCUT2D eigenvalue weighted by atomic mass is 16.3. The van der Waals surface area contributed by atoms with Gasteiger partial charge >= 0.3 is 0 Å². The average molecular weight is 265 g/mol. The Labute approximate surface area is 114 Å². The molecule has 5 nitrogen and oxygen atoms in total. The Morgan fingerprint density at radius 2 is 2.16 bits per heavy atom. The van der Waals surface area contributed by atoms with Crippen molar-refractivity contribution in [1.29, 1.82) is 0 Å². The SMILES string of the molecule is CC(C)n1nccc1C(=O)NC1CCC(CO)CC1. The van der Waals surface area contributed by atoms with Crippen molar-refractivity contribution in [2.75, 3.05) is 6.61 Å². The van der Waals surface area contributed by atoms with Crippen LogP contribution in [0.2, 0.25) is 0 Å². The van der Waals surface area contributed by atoms with E-state index in [0.717, 1.165) is 25.7 Å². The number of aliphatic hydroxyl groups excluding tert-OH is 1. The molecule has 0 unspecified atom stereocenters. The highest BCUT2D eigenvalue weighted by molar-refractivity contribution is 5.92. The molecule has 0 radical (unpaired) electrons. The largest absolute Gasteiger partial charge is 0.396 e. The minimum absolute atomic E-state index is 0.0429. The maximum absolute atomic E-state index is 12.2. The predicted octanol–water partition coefficient (Wildman–Crippen LogP) is 1.74. The Morgan fingerprint density at radius 3 is 2.74 bits per heavy atom. The van der Waals surface area contributed by atoms with Gasteiger partial charge in [0.2, 0.25) is 0 Å². The number of hydrogen-bond donors (Lipinski definition) is 2. The quantitative estimate of drug-likeness (QED) is 0.871. The fraction of sp³-hybridized carbons (Fsp3) is 0.714. The first kappa shape index (κ1) is 14.1. The summed E-state index contributed by atoms with van der Waals surface area (Å²) in [6.07, 6.45) is 5.55. The molecule has 0 aromatic carbocycles. The molecular weight excluding hydrogens is 242 g/mol. The summed E-state index contributed by atoms with van der Waals surface area (Å²) in [5, 5.41) is 16.4. The van der Waals surface area contributed by atoms with Crippen LogP contribution in [0.3, 0.4) is 0 Å². The van der Waals surface area contributed by atoms with Crippen LogP contribution in [0, 0.1) is 5.92 Å². The molecule has 106 valence electrons. The van der Waals surface area contributed by atoms with Gasteiger partial charge in [-0.3, -0.25) is 9.48 Å². The molecule has 2 rings (SSSR count). The molecule has 1 aliphatic rings. The third-order valence-corrected chi connectivity index (χ3v) is 3.83. The summed E-state index contributed by atoms with van der Waals surface area (Å²) >= 11 is 0. The van der Waals surface area contributed by atoms with Crippen molar-refractivity contribution in [3.63, 3.8) is 0 Å². The van der Waals surface area contributed by atoms with Crippen molar-refractivity contribution in [3.8, 4) is 0 Å². The second-order valence-electron chi connectivity index (χ2n) is 5.63. The molecule has 0 aliphatic heterocycles. The van der Waals surface area contributed by atoms with Gasteiger partial charge in [-0.1, -0.05) is 0 Å². The molecule has 1 aromatic heterocycles. The maximum Gasteiger partial charge on any atom is 0.269 e. The number of aromatic nitrogens is 2. The van der Waals surface area contributed by atoms with Crippen molar-refractivity contribution in [2.24, 2.45) is 5.92 Å². The molecule has 0 bridgehead atoms. The Balaban J connectivity index is 1.93. The van der Waals surface area contributed by atoms with Gasteiger partial charge in [-0.2, -0.15) is 5.10 Å². The Morgan fingerprint density at radius 1 is 1.47 bits per heavy atom. The lowest BCUT2D eigenvalue weighted by atomic mass is 9.86. The fourth-order valence-corrected chi connectivity index (χ4v) is 2.65. The van der Waals surface area contributed by atoms with Crippen molar-refractivity contribution < 1.29 is 9.90 Å². The third-order valence-electron chi connectivity index (χ3n) is 3.83. The molecule has 1 fully saturated rings. The Kier molecular flexibility index (Phi) is 4.58. The molecule has 0 atom stereocenters. The topological polar surface area (TPSA) is 67.2 Å². The molecular formula is C14H23N3O2. The highest BCUT2D eigenvalue weighted by Gasteiger charge is 2.23. The fourth-order valence-electron chi connectivity index (χ4n) is 2.65. The summed E-state index contributed by atoms with van der Waals surface area (Å²) < 4.78 is 1.74. The smallest absolute Gasteiger partial charge is 0.269 e. The number of carbonyl (C=O) groups excluding carboxylic acids is 1. The first-order valence-electron chi connectivity index (χ1n) is 7.07. The van der Waals surface area contributed by atoms with Gasteiger partial charge in [0.25, 0.3) is 5.91 Å². The molecule has 0 spiro atoms. The van der Waals surface area contributed by atoms with E-state index in [2.05, 4.69) is 10.4 Å². The summed E-state index contributed by atoms with van der Waals surface area (Å²) in [4.78, 5) is 12.2. The van der Waals surface area contributed by atoms with Gasteiger partial charge in [-0.25, -0.2) is 0 Å². The van der Waals surface area contributed by atoms with Crippen LogP contribution in [-0.4, -0.2) is 33.4 Å². The molecule has 5 heteroatoms. The van der Waals surface area contributed by atoms with Crippen LogP contribution in [0.1, 0.15) is 56.1 Å². The van der Waals surface area contributed by atoms with Gasteiger partial charge in [0.15, 0.2) is 0 Å². The van der Waals surface area contributed by atoms with Crippen LogP contribution >= 0.6 is 0 Å². The van der Waals surface area contributed by atoms with Crippen molar-refractivity contribution in [2.45, 2.75) is 51.6 Å². The second-order valence-corrected chi connectivity index (χ2v) is 5.63. The minimum atomic E-state index is -0.0429. The van der Waals surface area contributed by atoms with E-state index in [0.29, 0.717) is 11.6 Å². The zero-order valence-electron chi connectivity index (χ0n) is 11.7. The van der Waals surface area contributed by atoms with Crippen molar-refractivity contribution in [1.82, 2.24) is 15.1 Å². The van der Waals surface area contributed by atoms with E-state index in [9.17, 15) is 4.79 Å². The monoisotopic (exact) mass is 265 g/mol. The average Bonchev–Trinajstić information content (AvgIpc) is 2.89. The van der Waals surface area contributed by atoms with Gasteiger partial charge in [0.1, 0.15) is 5.69 Å². The maximum atomic E-state index is 12.2. The van der Waals surface area contributed by atoms with Gasteiger partial charge in [0, 0.05) is 24.9 Å². The number of carbonyl (C=O) groups is 1. The molecule has 1 heterocycles. The van der Waals surface area contributed by atoms with E-state index in [1.54, 1.807) is 16.9 Å². The highest BCUT2D eigenvalue weighted by Crippen LogP contribution is 2.24. The zero-order chi connectivity index (χ0) is 13.8. The molecule has 0 saturated heterocycles. The van der Waals surface area contributed by atoms with Gasteiger partial charge in [0.05, 0.1) is 0 Å². The van der Waals surface area contributed by atoms with Crippen LogP contribution in [0.25, 0.3) is 0 Å². The van der Waals surface area contributed by atoms with Gasteiger partial charge in [-0.15, -0.1) is 0 Å². The normalized spacial score (nSPS) is 23.6. The molecule has 1 amide bonds. The molecule has 1 aromatic rings. The number of aliphatic hydroxyl groups is 1. The van der Waals surface area contributed by atoms with Crippen molar-refractivity contribution in [3.05, 3.63) is 18.0 Å². The summed E-state index contributed by atoms with van der Waals surface area (Å²) in [7, 11) is 0. The van der Waals surface area contributed by atoms with Gasteiger partial charge < -0.3 is 10.4 Å². The number of amides is 1. The summed E-state index contributed by atoms with van der Waals surface area (Å²) in [5.41, 5.74) is 0.624. The van der Waals surface area contributed by atoms with E-state index >= 15 is 0 Å². The molecule has 1 aliphatic carbocycles. The second kappa shape index (κ2) is 6.19. The lowest BCUT2D eigenvalue weighted by Crippen LogP contribution is -2.39. The van der Waals surface area contributed by atoms with Crippen LogP contribution < -0.4 is 5.32 Å². The number of nitrogens with one attached hydrogen (secondary N) is 1. The number of hydrogen-bond acceptors (Lipinski definition) is 3. The number of nitrogens with zero attached hydrogens (tertiary/aromatic N) is 2. The van der Waals surface area contributed by atoms with Crippen molar-refractivity contribution >= 4 is 5.91 Å². The van der Waals surface area contributed by atoms with Crippen LogP contribution in [0.4, 0.5) is 0 Å². The lowest BCUT2D eigenvalue weighted by Gasteiger charge is -2.28. The predicted molar refractivity (Wildman–Crippen MR) is 72.9 cm³/mol. The summed E-state index contributed by atoms with van der Waals surface area (Å²) in [6.45, 7) is 4.28. The van der Waals surface area contributed by atoms with Crippen LogP contribution in [0.5, 0.6) is 0 Å². The first-order valence-corrected chi connectivity index (χ1v) is 7.07. The lowest BCUT2D eigenvalue weighted by molar-refractivity contribution is 0.0901. The molecule has 2 N–H and O–H groups in total. The van der Waals surface area contributed by atoms with Crippen LogP contribution in [-0.2, 0) is 0 Å². The summed E-state index contributed by atoms with van der Waals surface area (Å²) in [6, 6.07) is 2.17. The van der Waals surface area contributed by atoms with Gasteiger partial charge in [-0.05, 0) is 51.5 Å². The third kappa shape index (κ3) is 3.35. The Bertz CT molecular complexity index is 420. The molecule has 1 saturated carbocycles. The minimum Gasteiger partial charge on any atom is -0.396 e. The first-order chi connectivity index (χ1) is 9.11. The van der Waals surface area contributed by atoms with E-state index in [1.807, 2.05) is 13.8 Å². The van der Waals surface area contributed by atoms with Crippen LogP contribution in [0.15, 0.2) is 12.3 Å².